The van der Waals surface area contributed by atoms with Crippen LogP contribution in [0, 0.1) is 31.6 Å². The maximum absolute atomic E-state index is 5.00. The number of halogens is 1. The van der Waals surface area contributed by atoms with Crippen LogP contribution in [0.25, 0.3) is 32.9 Å². The van der Waals surface area contributed by atoms with Crippen molar-refractivity contribution in [1.29, 1.82) is 0 Å². The molecule has 0 amide bonds. The maximum Gasteiger partial charge on any atom is 0.145 e. The monoisotopic (exact) mass is 472 g/mol. The minimum Gasteiger partial charge on any atom is -0.292 e. The summed E-state index contributed by atoms with van der Waals surface area (Å²) in [6.45, 7) is 13.6. The molecule has 2 heterocycles. The average molecular weight is 473 g/mol. The van der Waals surface area contributed by atoms with Crippen molar-refractivity contribution in [3.05, 3.63) is 75.5 Å². The number of benzene rings is 2. The second-order valence-electron chi connectivity index (χ2n) is 9.58. The SMILES string of the molecule is Cc1cc2c3ccccc3c3ncc(C4=C(C(C)C)C=C(Br)C4C(C)C)n3c2cc1C. The number of aryl methyl sites for hydroxylation is 2. The molecule has 0 N–H and O–H groups in total. The van der Waals surface area contributed by atoms with E-state index >= 15 is 0 Å². The van der Waals surface area contributed by atoms with E-state index in [2.05, 4.69) is 111 Å². The third kappa shape index (κ3) is 3.01. The number of aromatic nitrogens is 2. The number of allylic oxidation sites excluding steroid dienone is 4. The molecule has 1 aliphatic rings. The highest BCUT2D eigenvalue weighted by Gasteiger charge is 2.33. The summed E-state index contributed by atoms with van der Waals surface area (Å²) in [5, 5.41) is 3.78. The van der Waals surface area contributed by atoms with Crippen molar-refractivity contribution >= 4 is 48.8 Å². The van der Waals surface area contributed by atoms with Gasteiger partial charge in [-0.05, 0) is 71.6 Å². The Morgan fingerprint density at radius 2 is 1.61 bits per heavy atom. The van der Waals surface area contributed by atoms with Crippen LogP contribution in [0.2, 0.25) is 0 Å². The summed E-state index contributed by atoms with van der Waals surface area (Å²) >= 11 is 3.90. The van der Waals surface area contributed by atoms with E-state index < -0.39 is 0 Å². The predicted octanol–water partition coefficient (Wildman–Crippen LogP) is 8.23. The Kier molecular flexibility index (Phi) is 4.86. The van der Waals surface area contributed by atoms with Crippen molar-refractivity contribution in [2.75, 3.05) is 0 Å². The highest BCUT2D eigenvalue weighted by Crippen LogP contribution is 2.48. The molecule has 5 rings (SSSR count). The van der Waals surface area contributed by atoms with Crippen LogP contribution in [-0.4, -0.2) is 9.38 Å². The van der Waals surface area contributed by atoms with Gasteiger partial charge in [-0.3, -0.25) is 4.40 Å². The van der Waals surface area contributed by atoms with E-state index in [1.807, 2.05) is 0 Å². The normalized spacial score (nSPS) is 17.2. The van der Waals surface area contributed by atoms with Crippen LogP contribution in [0.1, 0.15) is 44.5 Å². The first-order chi connectivity index (χ1) is 14.8. The highest BCUT2D eigenvalue weighted by atomic mass is 79.9. The van der Waals surface area contributed by atoms with E-state index in [1.54, 1.807) is 0 Å². The van der Waals surface area contributed by atoms with Crippen molar-refractivity contribution in [3.8, 4) is 0 Å². The lowest BCUT2D eigenvalue weighted by molar-refractivity contribution is 0.560. The summed E-state index contributed by atoms with van der Waals surface area (Å²) in [7, 11) is 0. The third-order valence-electron chi connectivity index (χ3n) is 6.85. The molecule has 0 spiro atoms. The van der Waals surface area contributed by atoms with Crippen molar-refractivity contribution in [2.24, 2.45) is 17.8 Å². The molecule has 0 bridgehead atoms. The molecule has 1 unspecified atom stereocenters. The summed E-state index contributed by atoms with van der Waals surface area (Å²) in [6, 6.07) is 13.4. The summed E-state index contributed by atoms with van der Waals surface area (Å²) in [6.07, 6.45) is 4.45. The number of pyridine rings is 1. The van der Waals surface area contributed by atoms with E-state index in [9.17, 15) is 0 Å². The lowest BCUT2D eigenvalue weighted by Crippen LogP contribution is -2.12. The molecule has 31 heavy (non-hydrogen) atoms. The number of hydrogen-bond donors (Lipinski definition) is 0. The lowest BCUT2D eigenvalue weighted by Gasteiger charge is -2.23. The molecule has 3 heteroatoms. The molecule has 2 aromatic carbocycles. The van der Waals surface area contributed by atoms with Gasteiger partial charge in [0.05, 0.1) is 17.4 Å². The van der Waals surface area contributed by atoms with Gasteiger partial charge in [-0.2, -0.15) is 0 Å². The Bertz CT molecular complexity index is 1420. The quantitative estimate of drug-likeness (QED) is 0.274. The van der Waals surface area contributed by atoms with Gasteiger partial charge in [0.1, 0.15) is 5.65 Å². The van der Waals surface area contributed by atoms with E-state index in [4.69, 9.17) is 4.98 Å². The van der Waals surface area contributed by atoms with Crippen LogP contribution in [-0.2, 0) is 0 Å². The lowest BCUT2D eigenvalue weighted by atomic mass is 9.86. The number of fused-ring (bicyclic) bond motifs is 6. The van der Waals surface area contributed by atoms with Crippen LogP contribution < -0.4 is 0 Å². The fourth-order valence-electron chi connectivity index (χ4n) is 5.16. The fraction of sp³-hybridized carbons (Fsp3) is 0.321. The van der Waals surface area contributed by atoms with Gasteiger partial charge in [0.2, 0.25) is 0 Å². The number of rotatable bonds is 3. The first kappa shape index (κ1) is 20.5. The fourth-order valence-corrected chi connectivity index (χ4v) is 6.16. The highest BCUT2D eigenvalue weighted by molar-refractivity contribution is 9.11. The van der Waals surface area contributed by atoms with E-state index in [1.165, 1.54) is 54.1 Å². The summed E-state index contributed by atoms with van der Waals surface area (Å²) in [4.78, 5) is 5.00. The molecule has 0 saturated carbocycles. The van der Waals surface area contributed by atoms with Crippen molar-refractivity contribution < 1.29 is 0 Å². The Balaban J connectivity index is 1.97. The molecular formula is C28H29BrN2. The Morgan fingerprint density at radius 1 is 0.935 bits per heavy atom. The summed E-state index contributed by atoms with van der Waals surface area (Å²) in [5.41, 5.74) is 8.98. The predicted molar refractivity (Wildman–Crippen MR) is 137 cm³/mol. The van der Waals surface area contributed by atoms with Gasteiger partial charge in [0.25, 0.3) is 0 Å². The van der Waals surface area contributed by atoms with Crippen LogP contribution >= 0.6 is 15.9 Å². The molecule has 0 saturated heterocycles. The van der Waals surface area contributed by atoms with Gasteiger partial charge >= 0.3 is 0 Å². The minimum absolute atomic E-state index is 0.352. The molecule has 2 aromatic heterocycles. The number of hydrogen-bond acceptors (Lipinski definition) is 1. The minimum atomic E-state index is 0.352. The Hall–Kier alpha value is -2.39. The number of imidazole rings is 1. The molecule has 0 fully saturated rings. The molecule has 0 aliphatic heterocycles. The second-order valence-corrected chi connectivity index (χ2v) is 10.5. The topological polar surface area (TPSA) is 17.3 Å². The van der Waals surface area contributed by atoms with Crippen molar-refractivity contribution in [1.82, 2.24) is 9.38 Å². The van der Waals surface area contributed by atoms with Gasteiger partial charge in [-0.15, -0.1) is 0 Å². The van der Waals surface area contributed by atoms with E-state index in [-0.39, 0.29) is 0 Å². The zero-order valence-corrected chi connectivity index (χ0v) is 20.7. The second kappa shape index (κ2) is 7.34. The third-order valence-corrected chi connectivity index (χ3v) is 7.57. The Labute approximate surface area is 192 Å². The van der Waals surface area contributed by atoms with Gasteiger partial charge in [0.15, 0.2) is 0 Å². The smallest absolute Gasteiger partial charge is 0.145 e. The first-order valence-corrected chi connectivity index (χ1v) is 12.0. The molecule has 1 atom stereocenters. The van der Waals surface area contributed by atoms with Gasteiger partial charge in [0, 0.05) is 21.2 Å². The van der Waals surface area contributed by atoms with Crippen molar-refractivity contribution in [3.63, 3.8) is 0 Å². The summed E-state index contributed by atoms with van der Waals surface area (Å²) in [5.74, 6) is 1.30. The Morgan fingerprint density at radius 3 is 2.29 bits per heavy atom. The van der Waals surface area contributed by atoms with Crippen LogP contribution in [0.3, 0.4) is 0 Å². The van der Waals surface area contributed by atoms with Crippen molar-refractivity contribution in [2.45, 2.75) is 41.5 Å². The largest absolute Gasteiger partial charge is 0.292 e. The standard InChI is InChI=1S/C28H29BrN2/c1-15(2)21-13-23(29)26(16(3)4)27(21)25-14-30-28-20-10-8-7-9-19(20)22-11-17(5)18(6)12-24(22)31(25)28/h7-16,26H,1-6H3. The molecule has 1 aliphatic carbocycles. The molecule has 2 nitrogen and oxygen atoms in total. The zero-order chi connectivity index (χ0) is 22.0. The molecular weight excluding hydrogens is 444 g/mol. The van der Waals surface area contributed by atoms with Crippen LogP contribution in [0.15, 0.2) is 58.7 Å². The van der Waals surface area contributed by atoms with E-state index in [0.717, 1.165) is 5.65 Å². The van der Waals surface area contributed by atoms with Crippen LogP contribution in [0.4, 0.5) is 0 Å². The summed E-state index contributed by atoms with van der Waals surface area (Å²) < 4.78 is 3.70. The maximum atomic E-state index is 5.00. The van der Waals surface area contributed by atoms with Gasteiger partial charge in [-0.1, -0.05) is 67.9 Å². The molecule has 4 aromatic rings. The van der Waals surface area contributed by atoms with Gasteiger partial charge in [-0.25, -0.2) is 4.98 Å². The molecule has 158 valence electrons. The van der Waals surface area contributed by atoms with Gasteiger partial charge < -0.3 is 0 Å². The molecule has 0 radical (unpaired) electrons. The van der Waals surface area contributed by atoms with Crippen LogP contribution in [0.5, 0.6) is 0 Å². The van der Waals surface area contributed by atoms with E-state index in [0.29, 0.717) is 17.8 Å². The zero-order valence-electron chi connectivity index (χ0n) is 19.1. The number of nitrogens with zero attached hydrogens (tertiary/aromatic N) is 2. The average Bonchev–Trinajstić information content (AvgIpc) is 3.31. The first-order valence-electron chi connectivity index (χ1n) is 11.2.